The highest BCUT2D eigenvalue weighted by atomic mass is 19.1. The summed E-state index contributed by atoms with van der Waals surface area (Å²) in [4.78, 5) is 26.6. The zero-order valence-corrected chi connectivity index (χ0v) is 17.6. The average molecular weight is 420 g/mol. The van der Waals surface area contributed by atoms with Crippen LogP contribution in [0.2, 0.25) is 0 Å². The molecule has 6 nitrogen and oxygen atoms in total. The molecule has 0 unspecified atom stereocenters. The molecule has 0 atom stereocenters. The molecular formula is C24H25FN4O2. The summed E-state index contributed by atoms with van der Waals surface area (Å²) in [6, 6.07) is 13.7. The lowest BCUT2D eigenvalue weighted by atomic mass is 10.0. The summed E-state index contributed by atoms with van der Waals surface area (Å²) in [6.07, 6.45) is 3.04. The van der Waals surface area contributed by atoms with Crippen molar-refractivity contribution in [3.05, 3.63) is 77.4 Å². The summed E-state index contributed by atoms with van der Waals surface area (Å²) in [5.74, 6) is -0.332. The summed E-state index contributed by atoms with van der Waals surface area (Å²) >= 11 is 0. The summed E-state index contributed by atoms with van der Waals surface area (Å²) in [6.45, 7) is 5.11. The van der Waals surface area contributed by atoms with Crippen molar-refractivity contribution in [3.8, 4) is 5.69 Å². The summed E-state index contributed by atoms with van der Waals surface area (Å²) < 4.78 is 15.0. The summed E-state index contributed by atoms with van der Waals surface area (Å²) in [5, 5.41) is 7.32. The molecule has 0 radical (unpaired) electrons. The second-order valence-corrected chi connectivity index (χ2v) is 7.98. The Bertz CT molecular complexity index is 1090. The lowest BCUT2D eigenvalue weighted by molar-refractivity contribution is -0.117. The average Bonchev–Trinajstić information content (AvgIpc) is 3.40. The van der Waals surface area contributed by atoms with Crippen molar-refractivity contribution in [2.45, 2.75) is 39.2 Å². The van der Waals surface area contributed by atoms with Gasteiger partial charge in [-0.1, -0.05) is 26.0 Å². The highest BCUT2D eigenvalue weighted by Gasteiger charge is 2.22. The van der Waals surface area contributed by atoms with Gasteiger partial charge in [0.2, 0.25) is 5.91 Å². The molecule has 2 amide bonds. The van der Waals surface area contributed by atoms with Gasteiger partial charge in [-0.2, -0.15) is 5.10 Å². The zero-order chi connectivity index (χ0) is 22.0. The molecule has 0 bridgehead atoms. The Labute approximate surface area is 180 Å². The number of amides is 2. The van der Waals surface area contributed by atoms with Gasteiger partial charge in [-0.3, -0.25) is 9.59 Å². The first-order chi connectivity index (χ1) is 14.9. The molecule has 0 saturated carbocycles. The third-order valence-corrected chi connectivity index (χ3v) is 5.44. The van der Waals surface area contributed by atoms with E-state index in [9.17, 15) is 14.0 Å². The predicted molar refractivity (Wildman–Crippen MR) is 117 cm³/mol. The van der Waals surface area contributed by atoms with Gasteiger partial charge in [-0.05, 0) is 54.3 Å². The third kappa shape index (κ3) is 4.35. The van der Waals surface area contributed by atoms with Crippen molar-refractivity contribution in [2.75, 3.05) is 11.4 Å². The standard InChI is InChI=1S/C24H25FN4O2/c1-16(2)23-21(15-27-29(23)20-11-7-18(25)8-12-20)24(31)26-14-17-5-9-19(10-6-17)28-13-3-4-22(28)30/h5-12,15-16H,3-4,13-14H2,1-2H3,(H,26,31). The van der Waals surface area contributed by atoms with E-state index in [1.165, 1.54) is 12.1 Å². The predicted octanol–water partition coefficient (Wildman–Crippen LogP) is 4.19. The number of hydrogen-bond acceptors (Lipinski definition) is 3. The lowest BCUT2D eigenvalue weighted by Gasteiger charge is -2.16. The zero-order valence-electron chi connectivity index (χ0n) is 17.6. The fourth-order valence-corrected chi connectivity index (χ4v) is 3.87. The van der Waals surface area contributed by atoms with Gasteiger partial charge < -0.3 is 10.2 Å². The Morgan fingerprint density at radius 2 is 1.77 bits per heavy atom. The van der Waals surface area contributed by atoms with Crippen LogP contribution in [0.4, 0.5) is 10.1 Å². The van der Waals surface area contributed by atoms with E-state index in [-0.39, 0.29) is 23.5 Å². The van der Waals surface area contributed by atoms with Crippen LogP contribution in [-0.2, 0) is 11.3 Å². The van der Waals surface area contributed by atoms with Crippen LogP contribution in [0.15, 0.2) is 54.7 Å². The minimum Gasteiger partial charge on any atom is -0.348 e. The summed E-state index contributed by atoms with van der Waals surface area (Å²) in [5.41, 5.74) is 3.81. The van der Waals surface area contributed by atoms with Gasteiger partial charge in [0, 0.05) is 25.2 Å². The largest absolute Gasteiger partial charge is 0.348 e. The van der Waals surface area contributed by atoms with E-state index >= 15 is 0 Å². The number of nitrogens with zero attached hydrogens (tertiary/aromatic N) is 3. The minimum atomic E-state index is -0.319. The first-order valence-electron chi connectivity index (χ1n) is 10.5. The van der Waals surface area contributed by atoms with Gasteiger partial charge >= 0.3 is 0 Å². The van der Waals surface area contributed by atoms with E-state index in [2.05, 4.69) is 10.4 Å². The van der Waals surface area contributed by atoms with E-state index in [0.29, 0.717) is 24.2 Å². The Morgan fingerprint density at radius 1 is 1.10 bits per heavy atom. The SMILES string of the molecule is CC(C)c1c(C(=O)NCc2ccc(N3CCCC3=O)cc2)cnn1-c1ccc(F)cc1. The van der Waals surface area contributed by atoms with Crippen molar-refractivity contribution < 1.29 is 14.0 Å². The number of anilines is 1. The molecule has 3 aromatic rings. The van der Waals surface area contributed by atoms with Crippen LogP contribution in [0.3, 0.4) is 0 Å². The molecule has 1 aliphatic heterocycles. The molecule has 1 fully saturated rings. The monoisotopic (exact) mass is 420 g/mol. The van der Waals surface area contributed by atoms with Crippen LogP contribution in [0, 0.1) is 5.82 Å². The van der Waals surface area contributed by atoms with Gasteiger partial charge in [0.05, 0.1) is 23.1 Å². The van der Waals surface area contributed by atoms with Crippen LogP contribution >= 0.6 is 0 Å². The molecule has 0 aliphatic carbocycles. The minimum absolute atomic E-state index is 0.0468. The first-order valence-corrected chi connectivity index (χ1v) is 10.5. The second-order valence-electron chi connectivity index (χ2n) is 7.98. The number of carbonyl (C=O) groups excluding carboxylic acids is 2. The van der Waals surface area contributed by atoms with Crippen molar-refractivity contribution in [2.24, 2.45) is 0 Å². The molecule has 1 N–H and O–H groups in total. The first kappa shape index (κ1) is 20.8. The quantitative estimate of drug-likeness (QED) is 0.650. The van der Waals surface area contributed by atoms with E-state index in [4.69, 9.17) is 0 Å². The Morgan fingerprint density at radius 3 is 2.39 bits per heavy atom. The molecule has 0 spiro atoms. The van der Waals surface area contributed by atoms with E-state index in [1.807, 2.05) is 38.1 Å². The highest BCUT2D eigenvalue weighted by Crippen LogP contribution is 2.24. The van der Waals surface area contributed by atoms with Crippen LogP contribution in [0.1, 0.15) is 54.2 Å². The Hall–Kier alpha value is -3.48. The molecule has 7 heteroatoms. The highest BCUT2D eigenvalue weighted by molar-refractivity contribution is 5.96. The number of rotatable bonds is 6. The number of aromatic nitrogens is 2. The molecule has 2 heterocycles. The lowest BCUT2D eigenvalue weighted by Crippen LogP contribution is -2.25. The van der Waals surface area contributed by atoms with Crippen LogP contribution in [-0.4, -0.2) is 28.1 Å². The van der Waals surface area contributed by atoms with Gasteiger partial charge in [-0.15, -0.1) is 0 Å². The third-order valence-electron chi connectivity index (χ3n) is 5.44. The number of hydrogen-bond donors (Lipinski definition) is 1. The molecule has 31 heavy (non-hydrogen) atoms. The topological polar surface area (TPSA) is 67.2 Å². The van der Waals surface area contributed by atoms with Crippen molar-refractivity contribution in [1.29, 1.82) is 0 Å². The Kier molecular flexibility index (Phi) is 5.84. The van der Waals surface area contributed by atoms with E-state index in [0.717, 1.165) is 29.9 Å². The number of nitrogens with one attached hydrogen (secondary N) is 1. The number of benzene rings is 2. The van der Waals surface area contributed by atoms with Crippen LogP contribution in [0.25, 0.3) is 5.69 Å². The number of halogens is 1. The van der Waals surface area contributed by atoms with Gasteiger partial charge in [0.25, 0.3) is 5.91 Å². The molecular weight excluding hydrogens is 395 g/mol. The van der Waals surface area contributed by atoms with Crippen LogP contribution < -0.4 is 10.2 Å². The van der Waals surface area contributed by atoms with Crippen molar-refractivity contribution >= 4 is 17.5 Å². The van der Waals surface area contributed by atoms with E-state index in [1.54, 1.807) is 27.9 Å². The van der Waals surface area contributed by atoms with Crippen molar-refractivity contribution in [3.63, 3.8) is 0 Å². The number of carbonyl (C=O) groups is 2. The smallest absolute Gasteiger partial charge is 0.255 e. The molecule has 1 aromatic heterocycles. The van der Waals surface area contributed by atoms with Gasteiger partial charge in [0.1, 0.15) is 5.82 Å². The normalized spacial score (nSPS) is 13.8. The molecule has 2 aromatic carbocycles. The molecule has 4 rings (SSSR count). The second kappa shape index (κ2) is 8.71. The fourth-order valence-electron chi connectivity index (χ4n) is 3.87. The van der Waals surface area contributed by atoms with Gasteiger partial charge in [-0.25, -0.2) is 9.07 Å². The maximum absolute atomic E-state index is 13.3. The summed E-state index contributed by atoms with van der Waals surface area (Å²) in [7, 11) is 0. The molecule has 160 valence electrons. The van der Waals surface area contributed by atoms with Gasteiger partial charge in [0.15, 0.2) is 0 Å². The van der Waals surface area contributed by atoms with Crippen LogP contribution in [0.5, 0.6) is 0 Å². The van der Waals surface area contributed by atoms with Crippen molar-refractivity contribution in [1.82, 2.24) is 15.1 Å². The maximum Gasteiger partial charge on any atom is 0.255 e. The fraction of sp³-hybridized carbons (Fsp3) is 0.292. The Balaban J connectivity index is 1.47. The van der Waals surface area contributed by atoms with E-state index < -0.39 is 0 Å². The molecule has 1 saturated heterocycles. The maximum atomic E-state index is 13.3. The molecule has 1 aliphatic rings.